The van der Waals surface area contributed by atoms with Crippen LogP contribution in [0, 0.1) is 6.92 Å². The molecule has 1 N–H and O–H groups in total. The highest BCUT2D eigenvalue weighted by Crippen LogP contribution is 2.14. The van der Waals surface area contributed by atoms with Crippen LogP contribution in [0.3, 0.4) is 0 Å². The van der Waals surface area contributed by atoms with Gasteiger partial charge in [-0.3, -0.25) is 0 Å². The van der Waals surface area contributed by atoms with Crippen LogP contribution in [-0.4, -0.2) is 17.7 Å². The van der Waals surface area contributed by atoms with Gasteiger partial charge in [0.05, 0.1) is 17.5 Å². The van der Waals surface area contributed by atoms with E-state index >= 15 is 0 Å². The molecule has 0 radical (unpaired) electrons. The van der Waals surface area contributed by atoms with Crippen molar-refractivity contribution in [2.45, 2.75) is 13.8 Å². The van der Waals surface area contributed by atoms with Crippen molar-refractivity contribution in [3.8, 4) is 0 Å². The maximum absolute atomic E-state index is 11.8. The minimum Gasteiger partial charge on any atom is -0.450 e. The monoisotopic (exact) mass is 248 g/mol. The summed E-state index contributed by atoms with van der Waals surface area (Å²) in [7, 11) is 0. The van der Waals surface area contributed by atoms with E-state index in [1.54, 1.807) is 32.0 Å². The third-order valence-electron chi connectivity index (χ3n) is 2.35. The molecule has 0 aliphatic rings. The Bertz CT molecular complexity index is 648. The van der Waals surface area contributed by atoms with E-state index < -0.39 is 11.7 Å². The molecule has 94 valence electrons. The molecule has 0 spiro atoms. The normalized spacial score (nSPS) is 10.3. The van der Waals surface area contributed by atoms with E-state index in [1.807, 2.05) is 0 Å². The number of nitrogens with one attached hydrogen (secondary N) is 1. The molecule has 6 nitrogen and oxygen atoms in total. The summed E-state index contributed by atoms with van der Waals surface area (Å²) in [5.74, 6) is 0. The fraction of sp³-hybridized carbons (Fsp3) is 0.250. The first kappa shape index (κ1) is 12.1. The third kappa shape index (κ3) is 2.32. The number of hydrogen-bond donors (Lipinski definition) is 1. The summed E-state index contributed by atoms with van der Waals surface area (Å²) < 4.78 is 9.58. The first-order valence-corrected chi connectivity index (χ1v) is 5.46. The van der Waals surface area contributed by atoms with Crippen LogP contribution in [0.25, 0.3) is 10.9 Å². The lowest BCUT2D eigenvalue weighted by Gasteiger charge is -2.04. The van der Waals surface area contributed by atoms with E-state index in [2.05, 4.69) is 15.0 Å². The zero-order chi connectivity index (χ0) is 13.1. The summed E-state index contributed by atoms with van der Waals surface area (Å²) in [6.45, 7) is 3.69. The van der Waals surface area contributed by atoms with E-state index in [4.69, 9.17) is 4.42 Å². The van der Waals surface area contributed by atoms with E-state index in [0.29, 0.717) is 10.9 Å². The Morgan fingerprint density at radius 3 is 3.00 bits per heavy atom. The van der Waals surface area contributed by atoms with Crippen molar-refractivity contribution < 1.29 is 13.9 Å². The number of aromatic nitrogens is 1. The Labute approximate surface area is 103 Å². The van der Waals surface area contributed by atoms with Gasteiger partial charge in [0.15, 0.2) is 0 Å². The topological polar surface area (TPSA) is 81.4 Å². The smallest absolute Gasteiger partial charge is 0.415 e. The highest BCUT2D eigenvalue weighted by molar-refractivity contribution is 5.85. The maximum atomic E-state index is 11.8. The molecule has 1 heterocycles. The van der Waals surface area contributed by atoms with Crippen molar-refractivity contribution >= 4 is 23.0 Å². The van der Waals surface area contributed by atoms with Crippen molar-refractivity contribution in [3.05, 3.63) is 34.2 Å². The van der Waals surface area contributed by atoms with E-state index in [-0.39, 0.29) is 12.6 Å². The zero-order valence-corrected chi connectivity index (χ0v) is 10.0. The van der Waals surface area contributed by atoms with Crippen LogP contribution in [0.5, 0.6) is 0 Å². The molecule has 1 aromatic carbocycles. The number of rotatable bonds is 2. The van der Waals surface area contributed by atoms with Crippen LogP contribution >= 0.6 is 0 Å². The van der Waals surface area contributed by atoms with Crippen molar-refractivity contribution in [2.75, 3.05) is 11.9 Å². The number of carbonyl (C=O) groups excluding carboxylic acids is 1. The second kappa shape index (κ2) is 4.87. The Balaban J connectivity index is 2.44. The van der Waals surface area contributed by atoms with Gasteiger partial charge >= 0.3 is 17.7 Å². The molecule has 0 atom stereocenters. The maximum Gasteiger partial charge on any atom is 0.415 e. The molecule has 0 fully saturated rings. The molecule has 0 unspecified atom stereocenters. The Hall–Kier alpha value is -2.37. The largest absolute Gasteiger partial charge is 0.450 e. The second-order valence-electron chi connectivity index (χ2n) is 3.62. The predicted octanol–water partition coefficient (Wildman–Crippen LogP) is 2.06. The van der Waals surface area contributed by atoms with Gasteiger partial charge in [0, 0.05) is 0 Å². The highest BCUT2D eigenvalue weighted by atomic mass is 16.6. The number of aryl methyl sites for hydroxylation is 1. The summed E-state index contributed by atoms with van der Waals surface area (Å²) in [5, 5.41) is 2.67. The predicted molar refractivity (Wildman–Crippen MR) is 65.7 cm³/mol. The number of fused-ring (bicyclic) bond motifs is 1. The molecule has 0 aliphatic heterocycles. The SMILES string of the molecule is CCOC(=O)Nc1nc2cccc(C)c2c(=O)o1. The fourth-order valence-corrected chi connectivity index (χ4v) is 1.59. The van der Waals surface area contributed by atoms with Crippen molar-refractivity contribution in [1.29, 1.82) is 0 Å². The van der Waals surface area contributed by atoms with Crippen LogP contribution in [0.4, 0.5) is 10.8 Å². The molecule has 0 aliphatic carbocycles. The Morgan fingerprint density at radius 2 is 2.28 bits per heavy atom. The molecular weight excluding hydrogens is 236 g/mol. The van der Waals surface area contributed by atoms with Crippen molar-refractivity contribution in [2.24, 2.45) is 0 Å². The minimum atomic E-state index is -0.708. The lowest BCUT2D eigenvalue weighted by molar-refractivity contribution is 0.167. The molecule has 2 rings (SSSR count). The van der Waals surface area contributed by atoms with Gasteiger partial charge in [0.25, 0.3) is 0 Å². The van der Waals surface area contributed by atoms with Crippen molar-refractivity contribution in [3.63, 3.8) is 0 Å². The van der Waals surface area contributed by atoms with Gasteiger partial charge in [-0.25, -0.2) is 14.9 Å². The van der Waals surface area contributed by atoms with Gasteiger partial charge in [-0.1, -0.05) is 12.1 Å². The van der Waals surface area contributed by atoms with Gasteiger partial charge < -0.3 is 9.15 Å². The zero-order valence-electron chi connectivity index (χ0n) is 10.0. The number of anilines is 1. The molecule has 6 heteroatoms. The van der Waals surface area contributed by atoms with Gasteiger partial charge in [-0.05, 0) is 25.5 Å². The Morgan fingerprint density at radius 1 is 1.50 bits per heavy atom. The molecular formula is C12H12N2O4. The third-order valence-corrected chi connectivity index (χ3v) is 2.35. The molecule has 0 saturated heterocycles. The van der Waals surface area contributed by atoms with Crippen LogP contribution < -0.4 is 10.9 Å². The summed E-state index contributed by atoms with van der Waals surface area (Å²) in [6.07, 6.45) is -0.708. The van der Waals surface area contributed by atoms with Gasteiger partial charge in [0.1, 0.15) is 0 Å². The lowest BCUT2D eigenvalue weighted by Crippen LogP contribution is -2.16. The standard InChI is InChI=1S/C12H12N2O4/c1-3-17-12(16)14-11-13-8-6-4-5-7(2)9(8)10(15)18-11/h4-6H,3H2,1-2H3,(H,13,14,16). The van der Waals surface area contributed by atoms with Crippen LogP contribution in [-0.2, 0) is 4.74 Å². The van der Waals surface area contributed by atoms with Crippen LogP contribution in [0.1, 0.15) is 12.5 Å². The fourth-order valence-electron chi connectivity index (χ4n) is 1.59. The molecule has 0 saturated carbocycles. The van der Waals surface area contributed by atoms with Gasteiger partial charge in [0.2, 0.25) is 0 Å². The van der Waals surface area contributed by atoms with E-state index in [0.717, 1.165) is 5.56 Å². The molecule has 1 amide bonds. The number of carbonyl (C=O) groups is 1. The lowest BCUT2D eigenvalue weighted by atomic mass is 10.1. The van der Waals surface area contributed by atoms with Gasteiger partial charge in [-0.15, -0.1) is 0 Å². The average Bonchev–Trinajstić information content (AvgIpc) is 2.28. The molecule has 18 heavy (non-hydrogen) atoms. The molecule has 1 aromatic heterocycles. The van der Waals surface area contributed by atoms with Gasteiger partial charge in [-0.2, -0.15) is 4.98 Å². The highest BCUT2D eigenvalue weighted by Gasteiger charge is 2.10. The number of amides is 1. The summed E-state index contributed by atoms with van der Waals surface area (Å²) >= 11 is 0. The quantitative estimate of drug-likeness (QED) is 0.879. The van der Waals surface area contributed by atoms with Crippen LogP contribution in [0.15, 0.2) is 27.4 Å². The first-order chi connectivity index (χ1) is 8.61. The minimum absolute atomic E-state index is 0.170. The summed E-state index contributed by atoms with van der Waals surface area (Å²) in [4.78, 5) is 27.0. The summed E-state index contributed by atoms with van der Waals surface area (Å²) in [5.41, 5.74) is 0.708. The Kier molecular flexibility index (Phi) is 3.27. The van der Waals surface area contributed by atoms with E-state index in [9.17, 15) is 9.59 Å². The van der Waals surface area contributed by atoms with Crippen LogP contribution in [0.2, 0.25) is 0 Å². The van der Waals surface area contributed by atoms with Crippen molar-refractivity contribution in [1.82, 2.24) is 4.98 Å². The molecule has 2 aromatic rings. The summed E-state index contributed by atoms with van der Waals surface area (Å²) in [6, 6.07) is 5.07. The average molecular weight is 248 g/mol. The molecule has 0 bridgehead atoms. The number of nitrogens with zero attached hydrogens (tertiary/aromatic N) is 1. The number of hydrogen-bond acceptors (Lipinski definition) is 5. The first-order valence-electron chi connectivity index (χ1n) is 5.46. The number of ether oxygens (including phenoxy) is 1. The van der Waals surface area contributed by atoms with E-state index in [1.165, 1.54) is 0 Å². The number of benzene rings is 1. The second-order valence-corrected chi connectivity index (χ2v) is 3.62.